The molecule has 0 atom stereocenters. The number of nitrogens with zero attached hydrogens (tertiary/aromatic N) is 1. The zero-order chi connectivity index (χ0) is 10.3. The molecule has 4 heteroatoms. The predicted octanol–water partition coefficient (Wildman–Crippen LogP) is 2.43. The fraction of sp³-hybridized carbons (Fsp3) is 0.200. The maximum absolute atomic E-state index is 13.2. The Hall–Kier alpha value is -1.06. The van der Waals surface area contributed by atoms with Crippen molar-refractivity contribution in [3.63, 3.8) is 0 Å². The van der Waals surface area contributed by atoms with Crippen LogP contribution < -0.4 is 5.73 Å². The molecule has 1 heterocycles. The Morgan fingerprint density at radius 3 is 2.86 bits per heavy atom. The quantitative estimate of drug-likeness (QED) is 0.774. The van der Waals surface area contributed by atoms with Gasteiger partial charge in [0.05, 0.1) is 5.02 Å². The fourth-order valence-electron chi connectivity index (χ4n) is 1.62. The Kier molecular flexibility index (Phi) is 2.21. The van der Waals surface area contributed by atoms with Gasteiger partial charge in [-0.1, -0.05) is 11.6 Å². The minimum Gasteiger partial charge on any atom is -0.350 e. The highest BCUT2D eigenvalue weighted by Crippen LogP contribution is 2.26. The minimum absolute atomic E-state index is 0.141. The van der Waals surface area contributed by atoms with Crippen LogP contribution in [0.2, 0.25) is 5.02 Å². The summed E-state index contributed by atoms with van der Waals surface area (Å²) in [6, 6.07) is 3.05. The van der Waals surface area contributed by atoms with Crippen LogP contribution >= 0.6 is 11.6 Å². The molecule has 14 heavy (non-hydrogen) atoms. The highest BCUT2D eigenvalue weighted by atomic mass is 35.5. The molecule has 0 spiro atoms. The van der Waals surface area contributed by atoms with Crippen molar-refractivity contribution in [2.45, 2.75) is 6.54 Å². The van der Waals surface area contributed by atoms with E-state index in [1.54, 1.807) is 6.07 Å². The molecule has 0 unspecified atom stereocenters. The number of fused-ring (bicyclic) bond motifs is 1. The molecule has 0 aliphatic carbocycles. The lowest BCUT2D eigenvalue weighted by molar-refractivity contribution is 0.630. The molecule has 0 saturated carbocycles. The average molecular weight is 213 g/mol. The van der Waals surface area contributed by atoms with Crippen LogP contribution in [0, 0.1) is 5.82 Å². The second-order valence-corrected chi connectivity index (χ2v) is 3.66. The van der Waals surface area contributed by atoms with Gasteiger partial charge in [-0.2, -0.15) is 0 Å². The summed E-state index contributed by atoms with van der Waals surface area (Å²) in [5.41, 5.74) is 7.38. The summed E-state index contributed by atoms with van der Waals surface area (Å²) < 4.78 is 15.1. The normalized spacial score (nSPS) is 11.1. The van der Waals surface area contributed by atoms with E-state index in [9.17, 15) is 4.39 Å². The molecule has 0 fully saturated rings. The lowest BCUT2D eigenvalue weighted by atomic mass is 10.2. The molecule has 0 amide bonds. The molecule has 0 aliphatic rings. The summed E-state index contributed by atoms with van der Waals surface area (Å²) in [6.45, 7) is 0.401. The van der Waals surface area contributed by atoms with E-state index in [-0.39, 0.29) is 5.02 Å². The van der Waals surface area contributed by atoms with Gasteiger partial charge in [-0.3, -0.25) is 0 Å². The van der Waals surface area contributed by atoms with E-state index >= 15 is 0 Å². The van der Waals surface area contributed by atoms with Gasteiger partial charge in [0.1, 0.15) is 5.82 Å². The highest BCUT2D eigenvalue weighted by Gasteiger charge is 2.09. The van der Waals surface area contributed by atoms with Crippen molar-refractivity contribution in [3.8, 4) is 0 Å². The number of aryl methyl sites for hydroxylation is 1. The lowest BCUT2D eigenvalue weighted by Gasteiger charge is -1.98. The van der Waals surface area contributed by atoms with Crippen LogP contribution in [0.3, 0.4) is 0 Å². The molecule has 74 valence electrons. The number of hydrogen-bond donors (Lipinski definition) is 1. The Balaban J connectivity index is 2.84. The van der Waals surface area contributed by atoms with E-state index in [4.69, 9.17) is 17.3 Å². The first-order chi connectivity index (χ1) is 6.63. The standard InChI is InChI=1S/C10H10ClFN2/c1-14-5-6(4-13)7-2-9(12)8(11)3-10(7)14/h2-3,5H,4,13H2,1H3. The van der Waals surface area contributed by atoms with E-state index in [0.29, 0.717) is 6.54 Å². The summed E-state index contributed by atoms with van der Waals surface area (Å²) in [6.07, 6.45) is 1.89. The Morgan fingerprint density at radius 2 is 2.21 bits per heavy atom. The Morgan fingerprint density at radius 1 is 1.50 bits per heavy atom. The lowest BCUT2D eigenvalue weighted by Crippen LogP contribution is -1.94. The van der Waals surface area contributed by atoms with Gasteiger partial charge in [0.25, 0.3) is 0 Å². The van der Waals surface area contributed by atoms with Crippen LogP contribution in [0.25, 0.3) is 10.9 Å². The van der Waals surface area contributed by atoms with Crippen molar-refractivity contribution in [1.29, 1.82) is 0 Å². The number of benzene rings is 1. The smallest absolute Gasteiger partial charge is 0.142 e. The maximum Gasteiger partial charge on any atom is 0.142 e. The summed E-state index contributed by atoms with van der Waals surface area (Å²) >= 11 is 5.69. The summed E-state index contributed by atoms with van der Waals surface area (Å²) in [5, 5.41) is 0.971. The van der Waals surface area contributed by atoms with Gasteiger partial charge in [0.15, 0.2) is 0 Å². The van der Waals surface area contributed by atoms with Crippen LogP contribution in [-0.4, -0.2) is 4.57 Å². The molecule has 2 aromatic rings. The van der Waals surface area contributed by atoms with Crippen LogP contribution in [0.5, 0.6) is 0 Å². The van der Waals surface area contributed by atoms with Gasteiger partial charge in [-0.25, -0.2) is 4.39 Å². The zero-order valence-corrected chi connectivity index (χ0v) is 8.48. The number of nitrogens with two attached hydrogens (primary N) is 1. The first-order valence-corrected chi connectivity index (χ1v) is 4.64. The molecule has 0 bridgehead atoms. The van der Waals surface area contributed by atoms with E-state index in [0.717, 1.165) is 16.5 Å². The Labute approximate surface area is 86.1 Å². The van der Waals surface area contributed by atoms with Crippen LogP contribution in [0.15, 0.2) is 18.3 Å². The van der Waals surface area contributed by atoms with Crippen molar-refractivity contribution >= 4 is 22.5 Å². The van der Waals surface area contributed by atoms with Gasteiger partial charge >= 0.3 is 0 Å². The first-order valence-electron chi connectivity index (χ1n) is 4.26. The molecule has 2 rings (SSSR count). The summed E-state index contributed by atoms with van der Waals surface area (Å²) in [7, 11) is 1.88. The third-order valence-electron chi connectivity index (χ3n) is 2.33. The van der Waals surface area contributed by atoms with E-state index in [1.807, 2.05) is 17.8 Å². The molecule has 2 N–H and O–H groups in total. The van der Waals surface area contributed by atoms with Gasteiger partial charge in [-0.15, -0.1) is 0 Å². The topological polar surface area (TPSA) is 30.9 Å². The van der Waals surface area contributed by atoms with Crippen LogP contribution in [0.1, 0.15) is 5.56 Å². The molecule has 0 radical (unpaired) electrons. The van der Waals surface area contributed by atoms with Crippen molar-refractivity contribution in [3.05, 3.63) is 34.7 Å². The minimum atomic E-state index is -0.403. The van der Waals surface area contributed by atoms with Gasteiger partial charge in [0.2, 0.25) is 0 Å². The van der Waals surface area contributed by atoms with E-state index in [1.165, 1.54) is 6.07 Å². The van der Waals surface area contributed by atoms with E-state index < -0.39 is 5.82 Å². The average Bonchev–Trinajstić information content (AvgIpc) is 2.45. The molecule has 0 saturated heterocycles. The van der Waals surface area contributed by atoms with Gasteiger partial charge in [0, 0.05) is 30.7 Å². The van der Waals surface area contributed by atoms with Gasteiger partial charge < -0.3 is 10.3 Å². The summed E-state index contributed by atoms with van der Waals surface area (Å²) in [4.78, 5) is 0. The molecule has 1 aromatic carbocycles. The zero-order valence-electron chi connectivity index (χ0n) is 7.72. The van der Waals surface area contributed by atoms with Crippen molar-refractivity contribution < 1.29 is 4.39 Å². The Bertz CT molecular complexity index is 490. The second-order valence-electron chi connectivity index (χ2n) is 3.25. The monoisotopic (exact) mass is 212 g/mol. The third-order valence-corrected chi connectivity index (χ3v) is 2.62. The van der Waals surface area contributed by atoms with E-state index in [2.05, 4.69) is 0 Å². The van der Waals surface area contributed by atoms with Crippen LogP contribution in [-0.2, 0) is 13.6 Å². The largest absolute Gasteiger partial charge is 0.350 e. The maximum atomic E-state index is 13.2. The predicted molar refractivity (Wildman–Crippen MR) is 55.8 cm³/mol. The number of aromatic nitrogens is 1. The second kappa shape index (κ2) is 3.26. The number of halogens is 2. The number of hydrogen-bond acceptors (Lipinski definition) is 1. The molecule has 2 nitrogen and oxygen atoms in total. The van der Waals surface area contributed by atoms with Gasteiger partial charge in [-0.05, 0) is 17.7 Å². The third kappa shape index (κ3) is 1.29. The molecular formula is C10H10ClFN2. The van der Waals surface area contributed by atoms with Crippen molar-refractivity contribution in [2.75, 3.05) is 0 Å². The SMILES string of the molecule is Cn1cc(CN)c2cc(F)c(Cl)cc21. The summed E-state index contributed by atoms with van der Waals surface area (Å²) in [5.74, 6) is -0.403. The van der Waals surface area contributed by atoms with Crippen molar-refractivity contribution in [2.24, 2.45) is 12.8 Å². The molecular weight excluding hydrogens is 203 g/mol. The molecule has 1 aromatic heterocycles. The fourth-order valence-corrected chi connectivity index (χ4v) is 1.78. The highest BCUT2D eigenvalue weighted by molar-refractivity contribution is 6.31. The van der Waals surface area contributed by atoms with Crippen molar-refractivity contribution in [1.82, 2.24) is 4.57 Å². The van der Waals surface area contributed by atoms with Crippen LogP contribution in [0.4, 0.5) is 4.39 Å². The molecule has 0 aliphatic heterocycles. The number of rotatable bonds is 1. The first kappa shape index (κ1) is 9.49.